The summed E-state index contributed by atoms with van der Waals surface area (Å²) in [6.07, 6.45) is 5.63. The molecule has 1 saturated heterocycles. The molecule has 1 fully saturated rings. The molecule has 1 atom stereocenters. The number of piperidine rings is 1. The van der Waals surface area contributed by atoms with Crippen LogP contribution in [0, 0.1) is 0 Å². The highest BCUT2D eigenvalue weighted by atomic mass is 15.1. The van der Waals surface area contributed by atoms with Gasteiger partial charge in [0.25, 0.3) is 0 Å². The summed E-state index contributed by atoms with van der Waals surface area (Å²) in [7, 11) is 0. The van der Waals surface area contributed by atoms with Crippen LogP contribution in [0.1, 0.15) is 36.9 Å². The molecule has 3 nitrogen and oxygen atoms in total. The van der Waals surface area contributed by atoms with Gasteiger partial charge in [0.05, 0.1) is 6.20 Å². The van der Waals surface area contributed by atoms with Crippen LogP contribution >= 0.6 is 0 Å². The lowest BCUT2D eigenvalue weighted by molar-refractivity contribution is 0.452. The summed E-state index contributed by atoms with van der Waals surface area (Å²) in [4.78, 5) is 0. The second-order valence-electron chi connectivity index (χ2n) is 3.71. The largest absolute Gasteiger partial charge is 0.316 e. The zero-order chi connectivity index (χ0) is 9.10. The first-order valence-electron chi connectivity index (χ1n) is 5.14. The van der Waals surface area contributed by atoms with Crippen LogP contribution in [0.2, 0.25) is 0 Å². The lowest BCUT2D eigenvalue weighted by Gasteiger charge is -2.22. The van der Waals surface area contributed by atoms with E-state index in [0.29, 0.717) is 5.92 Å². The van der Waals surface area contributed by atoms with E-state index in [1.807, 2.05) is 6.20 Å². The Morgan fingerprint density at radius 3 is 3.23 bits per heavy atom. The first-order chi connectivity index (χ1) is 6.42. The van der Waals surface area contributed by atoms with Crippen LogP contribution < -0.4 is 5.32 Å². The Morgan fingerprint density at radius 2 is 2.54 bits per heavy atom. The molecule has 2 heterocycles. The smallest absolute Gasteiger partial charge is 0.0522 e. The fourth-order valence-corrected chi connectivity index (χ4v) is 2.05. The second-order valence-corrected chi connectivity index (χ2v) is 3.71. The molecule has 0 spiro atoms. The SMILES string of the molecule is CCc1cn[nH]c1[C@@H]1CCCNC1. The Kier molecular flexibility index (Phi) is 2.64. The molecule has 72 valence electrons. The van der Waals surface area contributed by atoms with Crippen molar-refractivity contribution in [2.75, 3.05) is 13.1 Å². The predicted molar refractivity (Wildman–Crippen MR) is 52.8 cm³/mol. The van der Waals surface area contributed by atoms with E-state index >= 15 is 0 Å². The third-order valence-corrected chi connectivity index (χ3v) is 2.84. The zero-order valence-electron chi connectivity index (χ0n) is 8.14. The van der Waals surface area contributed by atoms with E-state index < -0.39 is 0 Å². The van der Waals surface area contributed by atoms with Crippen LogP contribution in [0.25, 0.3) is 0 Å². The van der Waals surface area contributed by atoms with E-state index in [-0.39, 0.29) is 0 Å². The van der Waals surface area contributed by atoms with Gasteiger partial charge in [0.2, 0.25) is 0 Å². The lowest BCUT2D eigenvalue weighted by atomic mass is 9.93. The molecule has 0 unspecified atom stereocenters. The van der Waals surface area contributed by atoms with Crippen molar-refractivity contribution < 1.29 is 0 Å². The van der Waals surface area contributed by atoms with Crippen molar-refractivity contribution in [1.82, 2.24) is 15.5 Å². The topological polar surface area (TPSA) is 40.7 Å². The Labute approximate surface area is 78.9 Å². The van der Waals surface area contributed by atoms with Gasteiger partial charge in [-0.2, -0.15) is 5.10 Å². The summed E-state index contributed by atoms with van der Waals surface area (Å²) in [5.41, 5.74) is 2.74. The number of aryl methyl sites for hydroxylation is 1. The monoisotopic (exact) mass is 179 g/mol. The van der Waals surface area contributed by atoms with Crippen molar-refractivity contribution in [3.05, 3.63) is 17.5 Å². The molecule has 13 heavy (non-hydrogen) atoms. The Hall–Kier alpha value is -0.830. The predicted octanol–water partition coefficient (Wildman–Crippen LogP) is 1.44. The summed E-state index contributed by atoms with van der Waals surface area (Å²) in [6.45, 7) is 4.46. The van der Waals surface area contributed by atoms with E-state index in [4.69, 9.17) is 0 Å². The number of hydrogen-bond donors (Lipinski definition) is 2. The third-order valence-electron chi connectivity index (χ3n) is 2.84. The maximum absolute atomic E-state index is 4.12. The molecule has 1 aliphatic rings. The van der Waals surface area contributed by atoms with Gasteiger partial charge in [0.15, 0.2) is 0 Å². The van der Waals surface area contributed by atoms with Crippen molar-refractivity contribution in [2.24, 2.45) is 0 Å². The fraction of sp³-hybridized carbons (Fsp3) is 0.700. The average Bonchev–Trinajstić information content (AvgIpc) is 2.67. The minimum Gasteiger partial charge on any atom is -0.316 e. The molecule has 0 amide bonds. The number of aromatic amines is 1. The van der Waals surface area contributed by atoms with Gasteiger partial charge in [-0.3, -0.25) is 5.10 Å². The maximum Gasteiger partial charge on any atom is 0.0522 e. The molecule has 1 aromatic rings. The quantitative estimate of drug-likeness (QED) is 0.721. The maximum atomic E-state index is 4.12. The highest BCUT2D eigenvalue weighted by Gasteiger charge is 2.18. The molecule has 3 heteroatoms. The molecule has 1 aliphatic heterocycles. The normalized spacial score (nSPS) is 23.3. The van der Waals surface area contributed by atoms with Crippen molar-refractivity contribution in [3.63, 3.8) is 0 Å². The van der Waals surface area contributed by atoms with E-state index in [2.05, 4.69) is 22.4 Å². The minimum atomic E-state index is 0.659. The average molecular weight is 179 g/mol. The van der Waals surface area contributed by atoms with Gasteiger partial charge >= 0.3 is 0 Å². The number of hydrogen-bond acceptors (Lipinski definition) is 2. The molecule has 0 bridgehead atoms. The molecular weight excluding hydrogens is 162 g/mol. The molecule has 1 aromatic heterocycles. The molecule has 0 saturated carbocycles. The van der Waals surface area contributed by atoms with E-state index in [1.54, 1.807) is 0 Å². The molecule has 0 aliphatic carbocycles. The molecule has 2 N–H and O–H groups in total. The van der Waals surface area contributed by atoms with E-state index in [1.165, 1.54) is 30.6 Å². The van der Waals surface area contributed by atoms with Crippen LogP contribution in [0.4, 0.5) is 0 Å². The third kappa shape index (κ3) is 1.75. The van der Waals surface area contributed by atoms with Crippen LogP contribution in [0.5, 0.6) is 0 Å². The Balaban J connectivity index is 2.13. The summed E-state index contributed by atoms with van der Waals surface area (Å²) in [6, 6.07) is 0. The van der Waals surface area contributed by atoms with Crippen LogP contribution in [0.3, 0.4) is 0 Å². The molecule has 2 rings (SSSR count). The summed E-state index contributed by atoms with van der Waals surface area (Å²) >= 11 is 0. The van der Waals surface area contributed by atoms with E-state index in [0.717, 1.165) is 13.0 Å². The first-order valence-corrected chi connectivity index (χ1v) is 5.14. The zero-order valence-corrected chi connectivity index (χ0v) is 8.14. The highest BCUT2D eigenvalue weighted by molar-refractivity contribution is 5.21. The standard InChI is InChI=1S/C10H17N3/c1-2-8-7-12-13-10(8)9-4-3-5-11-6-9/h7,9,11H,2-6H2,1H3,(H,12,13)/t9-/m1/s1. The van der Waals surface area contributed by atoms with Gasteiger partial charge in [0.1, 0.15) is 0 Å². The molecule has 0 radical (unpaired) electrons. The first kappa shape index (κ1) is 8.75. The number of nitrogens with zero attached hydrogens (tertiary/aromatic N) is 1. The van der Waals surface area contributed by atoms with Crippen molar-refractivity contribution in [1.29, 1.82) is 0 Å². The van der Waals surface area contributed by atoms with Gasteiger partial charge in [0, 0.05) is 18.2 Å². The summed E-state index contributed by atoms with van der Waals surface area (Å²) < 4.78 is 0. The fourth-order valence-electron chi connectivity index (χ4n) is 2.05. The van der Waals surface area contributed by atoms with Gasteiger partial charge in [-0.05, 0) is 31.4 Å². The number of H-pyrrole nitrogens is 1. The number of aromatic nitrogens is 2. The van der Waals surface area contributed by atoms with Crippen LogP contribution in [-0.2, 0) is 6.42 Å². The van der Waals surface area contributed by atoms with Crippen LogP contribution in [-0.4, -0.2) is 23.3 Å². The second kappa shape index (κ2) is 3.92. The van der Waals surface area contributed by atoms with Crippen molar-refractivity contribution in [2.45, 2.75) is 32.1 Å². The van der Waals surface area contributed by atoms with Gasteiger partial charge in [-0.25, -0.2) is 0 Å². The Morgan fingerprint density at radius 1 is 1.62 bits per heavy atom. The van der Waals surface area contributed by atoms with Gasteiger partial charge in [-0.1, -0.05) is 6.92 Å². The lowest BCUT2D eigenvalue weighted by Crippen LogP contribution is -2.29. The minimum absolute atomic E-state index is 0.659. The van der Waals surface area contributed by atoms with Gasteiger partial charge < -0.3 is 5.32 Å². The summed E-state index contributed by atoms with van der Waals surface area (Å²) in [5, 5.41) is 10.7. The number of rotatable bonds is 2. The molecular formula is C10H17N3. The molecule has 0 aromatic carbocycles. The van der Waals surface area contributed by atoms with Gasteiger partial charge in [-0.15, -0.1) is 0 Å². The Bertz CT molecular complexity index is 261. The highest BCUT2D eigenvalue weighted by Crippen LogP contribution is 2.24. The number of nitrogens with one attached hydrogen (secondary N) is 2. The van der Waals surface area contributed by atoms with Crippen molar-refractivity contribution in [3.8, 4) is 0 Å². The van der Waals surface area contributed by atoms with Crippen LogP contribution in [0.15, 0.2) is 6.20 Å². The summed E-state index contributed by atoms with van der Waals surface area (Å²) in [5.74, 6) is 0.659. The van der Waals surface area contributed by atoms with Crippen molar-refractivity contribution >= 4 is 0 Å². The van der Waals surface area contributed by atoms with E-state index in [9.17, 15) is 0 Å².